The Morgan fingerprint density at radius 1 is 1.38 bits per heavy atom. The van der Waals surface area contributed by atoms with Crippen molar-refractivity contribution in [2.45, 2.75) is 13.3 Å². The first kappa shape index (κ1) is 15.2. The van der Waals surface area contributed by atoms with Crippen LogP contribution < -0.4 is 10.6 Å². The Morgan fingerprint density at radius 3 is 2.90 bits per heavy atom. The third-order valence-corrected chi connectivity index (χ3v) is 3.35. The first-order valence-corrected chi connectivity index (χ1v) is 7.25. The molecule has 7 heteroatoms. The number of aromatic nitrogens is 2. The summed E-state index contributed by atoms with van der Waals surface area (Å²) in [7, 11) is 0. The number of H-pyrrole nitrogens is 1. The smallest absolute Gasteiger partial charge is 0.251 e. The average Bonchev–Trinajstić information content (AvgIpc) is 2.92. The number of rotatable bonds is 5. The van der Waals surface area contributed by atoms with Crippen LogP contribution in [0, 0.1) is 0 Å². The van der Waals surface area contributed by atoms with E-state index >= 15 is 0 Å². The van der Waals surface area contributed by atoms with E-state index < -0.39 is 0 Å². The number of carbonyl (C=O) groups excluding carboxylic acids is 2. The lowest BCUT2D eigenvalue weighted by Crippen LogP contribution is -2.33. The zero-order valence-corrected chi connectivity index (χ0v) is 13.0. The van der Waals surface area contributed by atoms with Gasteiger partial charge in [0.1, 0.15) is 5.82 Å². The van der Waals surface area contributed by atoms with E-state index in [9.17, 15) is 9.59 Å². The molecule has 0 aliphatic rings. The van der Waals surface area contributed by atoms with E-state index in [-0.39, 0.29) is 18.4 Å². The molecule has 21 heavy (non-hydrogen) atoms. The van der Waals surface area contributed by atoms with Crippen LogP contribution in [0.25, 0.3) is 0 Å². The maximum Gasteiger partial charge on any atom is 0.251 e. The van der Waals surface area contributed by atoms with Crippen molar-refractivity contribution in [3.8, 4) is 0 Å². The summed E-state index contributed by atoms with van der Waals surface area (Å²) in [6.45, 7) is 1.86. The van der Waals surface area contributed by atoms with Crippen molar-refractivity contribution in [2.75, 3.05) is 11.9 Å². The lowest BCUT2D eigenvalue weighted by molar-refractivity contribution is -0.115. The van der Waals surface area contributed by atoms with E-state index in [0.717, 1.165) is 16.5 Å². The van der Waals surface area contributed by atoms with E-state index in [1.54, 1.807) is 24.4 Å². The number of hydrogen-bond acceptors (Lipinski definition) is 3. The van der Waals surface area contributed by atoms with Crippen LogP contribution in [0.4, 0.5) is 5.82 Å². The van der Waals surface area contributed by atoms with Crippen molar-refractivity contribution in [1.29, 1.82) is 0 Å². The molecule has 0 saturated heterocycles. The average molecular weight is 351 g/mol. The molecule has 2 aromatic rings. The fourth-order valence-electron chi connectivity index (χ4n) is 1.76. The van der Waals surface area contributed by atoms with Crippen LogP contribution in [0.15, 0.2) is 34.9 Å². The normalized spacial score (nSPS) is 10.2. The molecule has 6 nitrogen and oxygen atoms in total. The second-order valence-electron chi connectivity index (χ2n) is 4.36. The minimum Gasteiger partial charge on any atom is -0.343 e. The SMILES string of the molecule is CCc1cn[nH]c1NC(=O)CNC(=O)c1cccc(Br)c1. The number of amides is 2. The number of nitrogens with one attached hydrogen (secondary N) is 3. The van der Waals surface area contributed by atoms with Crippen molar-refractivity contribution in [3.63, 3.8) is 0 Å². The van der Waals surface area contributed by atoms with Crippen LogP contribution in [-0.4, -0.2) is 28.6 Å². The van der Waals surface area contributed by atoms with E-state index in [1.165, 1.54) is 0 Å². The third kappa shape index (κ3) is 4.16. The number of hydrogen-bond donors (Lipinski definition) is 3. The molecule has 3 N–H and O–H groups in total. The van der Waals surface area contributed by atoms with Crippen LogP contribution in [0.3, 0.4) is 0 Å². The minimum absolute atomic E-state index is 0.104. The Kier molecular flexibility index (Phi) is 5.10. The summed E-state index contributed by atoms with van der Waals surface area (Å²) in [5.74, 6) is -0.0386. The van der Waals surface area contributed by atoms with Gasteiger partial charge in [-0.2, -0.15) is 5.10 Å². The summed E-state index contributed by atoms with van der Waals surface area (Å²) in [5.41, 5.74) is 1.41. The van der Waals surface area contributed by atoms with Crippen molar-refractivity contribution in [1.82, 2.24) is 15.5 Å². The van der Waals surface area contributed by atoms with Crippen LogP contribution in [0.5, 0.6) is 0 Å². The van der Waals surface area contributed by atoms with Crippen molar-refractivity contribution < 1.29 is 9.59 Å². The van der Waals surface area contributed by atoms with E-state index in [4.69, 9.17) is 0 Å². The molecule has 0 fully saturated rings. The Bertz CT molecular complexity index is 654. The maximum absolute atomic E-state index is 11.9. The number of benzene rings is 1. The van der Waals surface area contributed by atoms with Gasteiger partial charge in [-0.3, -0.25) is 14.7 Å². The predicted octanol–water partition coefficient (Wildman–Crippen LogP) is 2.10. The van der Waals surface area contributed by atoms with Crippen LogP contribution in [-0.2, 0) is 11.2 Å². The molecule has 0 radical (unpaired) electrons. The number of carbonyl (C=O) groups is 2. The number of anilines is 1. The molecule has 1 aromatic heterocycles. The third-order valence-electron chi connectivity index (χ3n) is 2.86. The van der Waals surface area contributed by atoms with Gasteiger partial charge in [-0.15, -0.1) is 0 Å². The van der Waals surface area contributed by atoms with Gasteiger partial charge in [0, 0.05) is 15.6 Å². The molecule has 0 unspecified atom stereocenters. The molecule has 1 aromatic carbocycles. The first-order chi connectivity index (χ1) is 10.1. The highest BCUT2D eigenvalue weighted by atomic mass is 79.9. The van der Waals surface area contributed by atoms with Gasteiger partial charge in [-0.25, -0.2) is 0 Å². The van der Waals surface area contributed by atoms with Crippen LogP contribution >= 0.6 is 15.9 Å². The molecule has 0 atom stereocenters. The zero-order chi connectivity index (χ0) is 15.2. The van der Waals surface area contributed by atoms with Crippen molar-refractivity contribution >= 4 is 33.6 Å². The second-order valence-corrected chi connectivity index (χ2v) is 5.28. The quantitative estimate of drug-likeness (QED) is 0.771. The summed E-state index contributed by atoms with van der Waals surface area (Å²) in [6.07, 6.45) is 2.42. The second kappa shape index (κ2) is 7.03. The molecular formula is C14H15BrN4O2. The molecule has 2 amide bonds. The molecule has 0 aliphatic carbocycles. The van der Waals surface area contributed by atoms with Crippen LogP contribution in [0.1, 0.15) is 22.8 Å². The van der Waals surface area contributed by atoms with Gasteiger partial charge in [0.2, 0.25) is 5.91 Å². The molecule has 0 bridgehead atoms. The Hall–Kier alpha value is -2.15. The largest absolute Gasteiger partial charge is 0.343 e. The molecule has 0 saturated carbocycles. The Balaban J connectivity index is 1.88. The fourth-order valence-corrected chi connectivity index (χ4v) is 2.16. The number of aromatic amines is 1. The Labute approximate surface area is 130 Å². The standard InChI is InChI=1S/C14H15BrN4O2/c1-2-9-7-17-19-13(9)18-12(20)8-16-14(21)10-4-3-5-11(15)6-10/h3-7H,2,8H2,1H3,(H,16,21)(H2,17,18,19,20). The molecule has 1 heterocycles. The van der Waals surface area contributed by atoms with Gasteiger partial charge in [0.25, 0.3) is 5.91 Å². The van der Waals surface area contributed by atoms with E-state index in [0.29, 0.717) is 11.4 Å². The monoisotopic (exact) mass is 350 g/mol. The van der Waals surface area contributed by atoms with Gasteiger partial charge in [-0.05, 0) is 24.6 Å². The van der Waals surface area contributed by atoms with Crippen molar-refractivity contribution in [2.24, 2.45) is 0 Å². The summed E-state index contributed by atoms with van der Waals surface area (Å²) in [4.78, 5) is 23.7. The minimum atomic E-state index is -0.308. The zero-order valence-electron chi connectivity index (χ0n) is 11.4. The fraction of sp³-hybridized carbons (Fsp3) is 0.214. The number of aryl methyl sites for hydroxylation is 1. The van der Waals surface area contributed by atoms with Gasteiger partial charge in [-0.1, -0.05) is 28.9 Å². The van der Waals surface area contributed by atoms with Gasteiger partial charge < -0.3 is 10.6 Å². The highest BCUT2D eigenvalue weighted by Crippen LogP contribution is 2.12. The Morgan fingerprint density at radius 2 is 2.19 bits per heavy atom. The highest BCUT2D eigenvalue weighted by molar-refractivity contribution is 9.10. The summed E-state index contributed by atoms with van der Waals surface area (Å²) in [5, 5.41) is 11.8. The summed E-state index contributed by atoms with van der Waals surface area (Å²) >= 11 is 3.30. The van der Waals surface area contributed by atoms with Gasteiger partial charge in [0.15, 0.2) is 0 Å². The first-order valence-electron chi connectivity index (χ1n) is 6.46. The lowest BCUT2D eigenvalue weighted by Gasteiger charge is -2.07. The molecule has 0 spiro atoms. The predicted molar refractivity (Wildman–Crippen MR) is 83.1 cm³/mol. The molecule has 0 aliphatic heterocycles. The summed E-state index contributed by atoms with van der Waals surface area (Å²) in [6, 6.07) is 6.96. The maximum atomic E-state index is 11.9. The molecule has 110 valence electrons. The lowest BCUT2D eigenvalue weighted by atomic mass is 10.2. The molecule has 2 rings (SSSR count). The molecular weight excluding hydrogens is 336 g/mol. The topological polar surface area (TPSA) is 86.9 Å². The van der Waals surface area contributed by atoms with E-state index in [2.05, 4.69) is 36.8 Å². The van der Waals surface area contributed by atoms with Gasteiger partial charge in [0.05, 0.1) is 12.7 Å². The van der Waals surface area contributed by atoms with E-state index in [1.807, 2.05) is 13.0 Å². The highest BCUT2D eigenvalue weighted by Gasteiger charge is 2.10. The van der Waals surface area contributed by atoms with Crippen molar-refractivity contribution in [3.05, 3.63) is 46.1 Å². The summed E-state index contributed by atoms with van der Waals surface area (Å²) < 4.78 is 0.810. The number of halogens is 1. The van der Waals surface area contributed by atoms with Crippen LogP contribution in [0.2, 0.25) is 0 Å². The number of nitrogens with zero attached hydrogens (tertiary/aromatic N) is 1. The van der Waals surface area contributed by atoms with Gasteiger partial charge >= 0.3 is 0 Å².